The lowest BCUT2D eigenvalue weighted by atomic mass is 10.2. The van der Waals surface area contributed by atoms with Gasteiger partial charge in [-0.05, 0) is 23.6 Å². The standard InChI is InChI=1S/C15H13F3N4O4S/c16-15(17,18)10-4-3-9(12(19)24)13(25)22(10)7-11(23)21-14(26)20-6-8-2-1-5-27-8/h1-5H,6-7H2,(H2,19,24)(H2,20,21,23,26). The zero-order valence-electron chi connectivity index (χ0n) is 13.5. The van der Waals surface area contributed by atoms with Crippen molar-refractivity contribution in [2.24, 2.45) is 5.73 Å². The van der Waals surface area contributed by atoms with Crippen LogP contribution in [0, 0.1) is 0 Å². The first-order chi connectivity index (χ1) is 12.6. The summed E-state index contributed by atoms with van der Waals surface area (Å²) in [6, 6.07) is 3.64. The Morgan fingerprint density at radius 3 is 2.44 bits per heavy atom. The van der Waals surface area contributed by atoms with Crippen LogP contribution in [0.15, 0.2) is 34.4 Å². The number of nitrogens with two attached hydrogens (primary N) is 1. The Bertz CT molecular complexity index is 922. The van der Waals surface area contributed by atoms with E-state index < -0.39 is 47.4 Å². The molecule has 0 aromatic carbocycles. The van der Waals surface area contributed by atoms with Gasteiger partial charge in [0.15, 0.2) is 0 Å². The van der Waals surface area contributed by atoms with E-state index in [0.717, 1.165) is 4.88 Å². The Morgan fingerprint density at radius 1 is 1.19 bits per heavy atom. The van der Waals surface area contributed by atoms with Crippen molar-refractivity contribution in [3.63, 3.8) is 0 Å². The quantitative estimate of drug-likeness (QED) is 0.692. The lowest BCUT2D eigenvalue weighted by Gasteiger charge is -2.15. The Kier molecular flexibility index (Phi) is 6.00. The van der Waals surface area contributed by atoms with Crippen LogP contribution in [0.3, 0.4) is 0 Å². The molecule has 0 spiro atoms. The molecule has 0 aliphatic heterocycles. The van der Waals surface area contributed by atoms with Crippen molar-refractivity contribution in [1.29, 1.82) is 0 Å². The summed E-state index contributed by atoms with van der Waals surface area (Å²) in [6.45, 7) is -1.01. The number of halogens is 3. The van der Waals surface area contributed by atoms with E-state index in [1.54, 1.807) is 17.5 Å². The van der Waals surface area contributed by atoms with Crippen LogP contribution in [0.25, 0.3) is 0 Å². The van der Waals surface area contributed by atoms with Gasteiger partial charge in [0, 0.05) is 4.88 Å². The van der Waals surface area contributed by atoms with Crippen LogP contribution in [0.1, 0.15) is 20.9 Å². The van der Waals surface area contributed by atoms with Gasteiger partial charge >= 0.3 is 12.2 Å². The zero-order chi connectivity index (χ0) is 20.2. The van der Waals surface area contributed by atoms with Gasteiger partial charge in [0.25, 0.3) is 11.5 Å². The number of primary amides is 1. The number of hydrogen-bond donors (Lipinski definition) is 3. The van der Waals surface area contributed by atoms with Gasteiger partial charge in [0.1, 0.15) is 17.8 Å². The Labute approximate surface area is 153 Å². The number of carbonyl (C=O) groups is 3. The maximum atomic E-state index is 13.1. The van der Waals surface area contributed by atoms with E-state index in [1.807, 2.05) is 5.32 Å². The highest BCUT2D eigenvalue weighted by molar-refractivity contribution is 7.09. The molecule has 2 heterocycles. The van der Waals surface area contributed by atoms with Crippen LogP contribution in [-0.4, -0.2) is 22.4 Å². The molecule has 2 aromatic heterocycles. The lowest BCUT2D eigenvalue weighted by molar-refractivity contribution is -0.144. The molecular weight excluding hydrogens is 389 g/mol. The average Bonchev–Trinajstić information content (AvgIpc) is 3.06. The second kappa shape index (κ2) is 8.03. The first kappa shape index (κ1) is 20.2. The van der Waals surface area contributed by atoms with Crippen molar-refractivity contribution < 1.29 is 27.6 Å². The maximum absolute atomic E-state index is 13.1. The molecule has 0 bridgehead atoms. The summed E-state index contributed by atoms with van der Waals surface area (Å²) in [5.74, 6) is -2.41. The summed E-state index contributed by atoms with van der Waals surface area (Å²) in [7, 11) is 0. The predicted molar refractivity (Wildman–Crippen MR) is 88.9 cm³/mol. The number of nitrogens with one attached hydrogen (secondary N) is 2. The minimum atomic E-state index is -4.96. The summed E-state index contributed by atoms with van der Waals surface area (Å²) < 4.78 is 39.2. The molecule has 8 nitrogen and oxygen atoms in total. The number of aromatic nitrogens is 1. The van der Waals surface area contributed by atoms with Gasteiger partial charge in [0.2, 0.25) is 5.91 Å². The summed E-state index contributed by atoms with van der Waals surface area (Å²) >= 11 is 1.36. The third kappa shape index (κ3) is 5.17. The van der Waals surface area contributed by atoms with Gasteiger partial charge in [-0.1, -0.05) is 6.07 Å². The van der Waals surface area contributed by atoms with Crippen LogP contribution in [-0.2, 0) is 24.1 Å². The molecule has 0 unspecified atom stereocenters. The number of nitrogens with zero attached hydrogens (tertiary/aromatic N) is 1. The fourth-order valence-electron chi connectivity index (χ4n) is 2.10. The van der Waals surface area contributed by atoms with Crippen LogP contribution in [0.5, 0.6) is 0 Å². The van der Waals surface area contributed by atoms with Crippen molar-refractivity contribution >= 4 is 29.2 Å². The van der Waals surface area contributed by atoms with Gasteiger partial charge in [-0.15, -0.1) is 11.3 Å². The Morgan fingerprint density at radius 2 is 1.89 bits per heavy atom. The summed E-state index contributed by atoms with van der Waals surface area (Å²) in [5.41, 5.74) is 1.40. The summed E-state index contributed by atoms with van der Waals surface area (Å²) in [4.78, 5) is 47.6. The molecule has 4 amide bonds. The van der Waals surface area contributed by atoms with E-state index in [2.05, 4.69) is 5.32 Å². The monoisotopic (exact) mass is 402 g/mol. The molecule has 0 saturated carbocycles. The number of hydrogen-bond acceptors (Lipinski definition) is 5. The van der Waals surface area contributed by atoms with E-state index in [1.165, 1.54) is 11.3 Å². The fraction of sp³-hybridized carbons (Fsp3) is 0.200. The number of thiophene rings is 1. The Hall–Kier alpha value is -3.15. The van der Waals surface area contributed by atoms with Crippen molar-refractivity contribution in [3.05, 3.63) is 56.1 Å². The lowest BCUT2D eigenvalue weighted by Crippen LogP contribution is -2.43. The van der Waals surface area contributed by atoms with E-state index in [4.69, 9.17) is 5.73 Å². The van der Waals surface area contributed by atoms with E-state index in [0.29, 0.717) is 12.1 Å². The van der Waals surface area contributed by atoms with Crippen molar-refractivity contribution in [2.45, 2.75) is 19.3 Å². The highest BCUT2D eigenvalue weighted by atomic mass is 32.1. The van der Waals surface area contributed by atoms with E-state index in [-0.39, 0.29) is 11.1 Å². The molecule has 0 saturated heterocycles. The van der Waals surface area contributed by atoms with E-state index >= 15 is 0 Å². The smallest absolute Gasteiger partial charge is 0.365 e. The molecule has 0 radical (unpaired) electrons. The van der Waals surface area contributed by atoms with Gasteiger partial charge in [-0.25, -0.2) is 4.79 Å². The minimum Gasteiger partial charge on any atom is -0.365 e. The molecule has 4 N–H and O–H groups in total. The summed E-state index contributed by atoms with van der Waals surface area (Å²) in [6.07, 6.45) is -4.96. The largest absolute Gasteiger partial charge is 0.431 e. The SMILES string of the molecule is NC(=O)c1ccc(C(F)(F)F)n(CC(=O)NC(=O)NCc2cccs2)c1=O. The highest BCUT2D eigenvalue weighted by Gasteiger charge is 2.35. The Balaban J connectivity index is 2.15. The fourth-order valence-corrected chi connectivity index (χ4v) is 2.75. The molecule has 0 aliphatic rings. The molecule has 0 fully saturated rings. The molecule has 2 rings (SSSR count). The number of imide groups is 1. The minimum absolute atomic E-state index is 0.0436. The average molecular weight is 402 g/mol. The molecule has 27 heavy (non-hydrogen) atoms. The van der Waals surface area contributed by atoms with Crippen molar-refractivity contribution in [2.75, 3.05) is 0 Å². The molecule has 144 valence electrons. The summed E-state index contributed by atoms with van der Waals surface area (Å²) in [5, 5.41) is 5.94. The number of pyridine rings is 1. The number of carbonyl (C=O) groups excluding carboxylic acids is 3. The van der Waals surface area contributed by atoms with Crippen molar-refractivity contribution in [1.82, 2.24) is 15.2 Å². The van der Waals surface area contributed by atoms with Crippen molar-refractivity contribution in [3.8, 4) is 0 Å². The first-order valence-electron chi connectivity index (χ1n) is 7.30. The molecular formula is C15H13F3N4O4S. The molecule has 2 aromatic rings. The maximum Gasteiger partial charge on any atom is 0.431 e. The first-order valence-corrected chi connectivity index (χ1v) is 8.18. The van der Waals surface area contributed by atoms with Gasteiger partial charge in [0.05, 0.1) is 6.54 Å². The predicted octanol–water partition coefficient (Wildman–Crippen LogP) is 1.05. The van der Waals surface area contributed by atoms with Gasteiger partial charge in [-0.2, -0.15) is 13.2 Å². The second-order valence-electron chi connectivity index (χ2n) is 5.20. The molecule has 0 aliphatic carbocycles. The van der Waals surface area contributed by atoms with Gasteiger partial charge < -0.3 is 11.1 Å². The number of amides is 4. The molecule has 12 heteroatoms. The number of rotatable bonds is 5. The third-order valence-corrected chi connectivity index (χ3v) is 4.16. The molecule has 0 atom stereocenters. The van der Waals surface area contributed by atoms with Gasteiger partial charge in [-0.3, -0.25) is 24.3 Å². The zero-order valence-corrected chi connectivity index (χ0v) is 14.3. The van der Waals surface area contributed by atoms with E-state index in [9.17, 15) is 32.3 Å². The normalized spacial score (nSPS) is 11.1. The highest BCUT2D eigenvalue weighted by Crippen LogP contribution is 2.28. The van der Waals surface area contributed by atoms with Crippen LogP contribution < -0.4 is 21.9 Å². The second-order valence-corrected chi connectivity index (χ2v) is 6.23. The van der Waals surface area contributed by atoms with Crippen LogP contribution in [0.4, 0.5) is 18.0 Å². The number of urea groups is 1. The van der Waals surface area contributed by atoms with Crippen LogP contribution >= 0.6 is 11.3 Å². The number of alkyl halides is 3. The third-order valence-electron chi connectivity index (χ3n) is 3.29. The topological polar surface area (TPSA) is 123 Å². The van der Waals surface area contributed by atoms with Crippen LogP contribution in [0.2, 0.25) is 0 Å².